The van der Waals surface area contributed by atoms with Gasteiger partial charge in [-0.3, -0.25) is 0 Å². The molecule has 0 spiro atoms. The van der Waals surface area contributed by atoms with Crippen LogP contribution in [0.2, 0.25) is 0 Å². The minimum Gasteiger partial charge on any atom is -0.237 e. The van der Waals surface area contributed by atoms with E-state index in [0.717, 1.165) is 12.5 Å². The molecule has 1 saturated carbocycles. The zero-order chi connectivity index (χ0) is 20.5. The molecule has 1 fully saturated rings. The van der Waals surface area contributed by atoms with Crippen molar-refractivity contribution in [3.8, 4) is 11.1 Å². The molecule has 3 rings (SSSR count). The van der Waals surface area contributed by atoms with Crippen LogP contribution in [-0.2, 0) is 15.7 Å². The highest BCUT2D eigenvalue weighted by Gasteiger charge is 2.44. The molecule has 0 heterocycles. The Bertz CT molecular complexity index is 924. The Morgan fingerprint density at radius 3 is 2.18 bits per heavy atom. The normalized spacial score (nSPS) is 23.1. The molecule has 0 aromatic heterocycles. The summed E-state index contributed by atoms with van der Waals surface area (Å²) in [5.74, 6) is -1.37. The van der Waals surface area contributed by atoms with E-state index in [2.05, 4.69) is 4.72 Å². The van der Waals surface area contributed by atoms with Gasteiger partial charge in [-0.2, -0.15) is 0 Å². The summed E-state index contributed by atoms with van der Waals surface area (Å²) < 4.78 is 70.0. The molecule has 0 aliphatic heterocycles. The lowest BCUT2D eigenvalue weighted by atomic mass is 9.77. The van der Waals surface area contributed by atoms with Crippen LogP contribution in [0.5, 0.6) is 0 Å². The van der Waals surface area contributed by atoms with Gasteiger partial charge in [0.15, 0.2) is 5.67 Å². The van der Waals surface area contributed by atoms with Crippen molar-refractivity contribution in [2.45, 2.75) is 56.5 Å². The molecule has 2 aromatic rings. The fourth-order valence-electron chi connectivity index (χ4n) is 3.63. The first kappa shape index (κ1) is 20.9. The average molecular weight is 411 g/mol. The first-order valence-electron chi connectivity index (χ1n) is 9.39. The Hall–Kier alpha value is -1.86. The molecular weight excluding hydrogens is 387 g/mol. The van der Waals surface area contributed by atoms with Gasteiger partial charge in [-0.1, -0.05) is 30.7 Å². The second-order valence-corrected chi connectivity index (χ2v) is 9.88. The molecule has 0 saturated heterocycles. The Kier molecular flexibility index (Phi) is 5.87. The van der Waals surface area contributed by atoms with Gasteiger partial charge in [0.25, 0.3) is 0 Å². The molecule has 0 bridgehead atoms. The van der Waals surface area contributed by atoms with E-state index in [9.17, 15) is 17.2 Å². The summed E-state index contributed by atoms with van der Waals surface area (Å²) in [6.07, 6.45) is 2.04. The Morgan fingerprint density at radius 2 is 1.61 bits per heavy atom. The molecule has 2 aromatic carbocycles. The van der Waals surface area contributed by atoms with E-state index in [0.29, 0.717) is 29.5 Å². The number of nitrogens with one attached hydrogen (secondary N) is 1. The lowest BCUT2D eigenvalue weighted by Gasteiger charge is -2.38. The largest absolute Gasteiger partial charge is 0.237 e. The topological polar surface area (TPSA) is 46.2 Å². The quantitative estimate of drug-likeness (QED) is 0.747. The molecule has 1 aliphatic carbocycles. The summed E-state index contributed by atoms with van der Waals surface area (Å²) in [5.41, 5.74) is -0.547. The fraction of sp³-hybridized carbons (Fsp3) is 0.429. The number of benzene rings is 2. The summed E-state index contributed by atoms with van der Waals surface area (Å²) in [5, 5.41) is -0.649. The van der Waals surface area contributed by atoms with Gasteiger partial charge in [0.2, 0.25) is 10.0 Å². The van der Waals surface area contributed by atoms with E-state index in [1.807, 2.05) is 0 Å². The molecule has 3 nitrogen and oxygen atoms in total. The maximum Gasteiger partial charge on any atom is 0.214 e. The van der Waals surface area contributed by atoms with Gasteiger partial charge in [0, 0.05) is 6.07 Å². The van der Waals surface area contributed by atoms with Crippen LogP contribution in [-0.4, -0.2) is 19.7 Å². The minimum atomic E-state index is -3.61. The van der Waals surface area contributed by atoms with Crippen LogP contribution < -0.4 is 4.72 Å². The SMILES string of the molecule is CC(C)S(=O)(=O)N[C@H]1CCCC[C@@]1(F)c1ccc(-c2cc(F)cc(F)c2)cc1. The number of rotatable bonds is 5. The zero-order valence-corrected chi connectivity index (χ0v) is 16.7. The molecule has 7 heteroatoms. The van der Waals surface area contributed by atoms with Gasteiger partial charge >= 0.3 is 0 Å². The maximum atomic E-state index is 16.0. The number of hydrogen-bond donors (Lipinski definition) is 1. The van der Waals surface area contributed by atoms with Crippen molar-refractivity contribution in [2.24, 2.45) is 0 Å². The smallest absolute Gasteiger partial charge is 0.214 e. The zero-order valence-electron chi connectivity index (χ0n) is 15.9. The van der Waals surface area contributed by atoms with Gasteiger partial charge in [-0.25, -0.2) is 26.3 Å². The maximum absolute atomic E-state index is 16.0. The van der Waals surface area contributed by atoms with Gasteiger partial charge in [0.05, 0.1) is 11.3 Å². The molecule has 0 unspecified atom stereocenters. The van der Waals surface area contributed by atoms with E-state index in [1.54, 1.807) is 38.1 Å². The van der Waals surface area contributed by atoms with Crippen LogP contribution in [0.3, 0.4) is 0 Å². The first-order valence-corrected chi connectivity index (χ1v) is 10.9. The van der Waals surface area contributed by atoms with Crippen molar-refractivity contribution in [1.82, 2.24) is 4.72 Å². The van der Waals surface area contributed by atoms with Gasteiger partial charge < -0.3 is 0 Å². The Labute approximate surface area is 164 Å². The number of alkyl halides is 1. The monoisotopic (exact) mass is 411 g/mol. The van der Waals surface area contributed by atoms with Crippen LogP contribution in [0.25, 0.3) is 11.1 Å². The van der Waals surface area contributed by atoms with Crippen LogP contribution in [0.4, 0.5) is 13.2 Å². The highest BCUT2D eigenvalue weighted by molar-refractivity contribution is 7.90. The van der Waals surface area contributed by atoms with Crippen LogP contribution in [0.15, 0.2) is 42.5 Å². The molecule has 1 aliphatic rings. The van der Waals surface area contributed by atoms with Crippen molar-refractivity contribution in [1.29, 1.82) is 0 Å². The first-order chi connectivity index (χ1) is 13.1. The molecule has 28 heavy (non-hydrogen) atoms. The Balaban J connectivity index is 1.91. The van der Waals surface area contributed by atoms with Crippen molar-refractivity contribution in [3.05, 3.63) is 59.7 Å². The van der Waals surface area contributed by atoms with E-state index >= 15 is 4.39 Å². The summed E-state index contributed by atoms with van der Waals surface area (Å²) in [6, 6.07) is 8.72. The molecule has 152 valence electrons. The lowest BCUT2D eigenvalue weighted by Crippen LogP contribution is -2.51. The lowest BCUT2D eigenvalue weighted by molar-refractivity contribution is 0.0712. The highest BCUT2D eigenvalue weighted by atomic mass is 32.2. The molecule has 0 amide bonds. The molecular formula is C21H24F3NO2S. The van der Waals surface area contributed by atoms with Crippen molar-refractivity contribution >= 4 is 10.0 Å². The summed E-state index contributed by atoms with van der Waals surface area (Å²) in [7, 11) is -3.61. The second kappa shape index (κ2) is 7.87. The molecule has 0 radical (unpaired) electrons. The third-order valence-electron chi connectivity index (χ3n) is 5.32. The summed E-state index contributed by atoms with van der Waals surface area (Å²) in [4.78, 5) is 0. The summed E-state index contributed by atoms with van der Waals surface area (Å²) in [6.45, 7) is 3.11. The predicted molar refractivity (Wildman–Crippen MR) is 104 cm³/mol. The standard InChI is InChI=1S/C21H24F3NO2S/c1-14(2)28(26,27)25-20-5-3-4-10-21(20,24)17-8-6-15(7-9-17)16-11-18(22)13-19(23)12-16/h6-9,11-14,20,25H,3-5,10H2,1-2H3/t20-,21+/m0/s1. The van der Waals surface area contributed by atoms with Crippen LogP contribution in [0.1, 0.15) is 45.1 Å². The minimum absolute atomic E-state index is 0.215. The Morgan fingerprint density at radius 1 is 1.00 bits per heavy atom. The third kappa shape index (κ3) is 4.25. The van der Waals surface area contributed by atoms with E-state index in [-0.39, 0.29) is 6.42 Å². The number of hydrogen-bond acceptors (Lipinski definition) is 2. The number of halogens is 3. The van der Waals surface area contributed by atoms with Gasteiger partial charge in [0.1, 0.15) is 11.6 Å². The second-order valence-electron chi connectivity index (χ2n) is 7.61. The van der Waals surface area contributed by atoms with Crippen molar-refractivity contribution < 1.29 is 21.6 Å². The number of sulfonamides is 1. The van der Waals surface area contributed by atoms with Crippen molar-refractivity contribution in [2.75, 3.05) is 0 Å². The van der Waals surface area contributed by atoms with Crippen molar-refractivity contribution in [3.63, 3.8) is 0 Å². The van der Waals surface area contributed by atoms with E-state index < -0.39 is 38.6 Å². The summed E-state index contributed by atoms with van der Waals surface area (Å²) >= 11 is 0. The average Bonchev–Trinajstić information content (AvgIpc) is 2.63. The van der Waals surface area contributed by atoms with Gasteiger partial charge in [-0.15, -0.1) is 0 Å². The molecule has 1 N–H and O–H groups in total. The predicted octanol–water partition coefficient (Wildman–Crippen LogP) is 5.07. The van der Waals surface area contributed by atoms with E-state index in [1.165, 1.54) is 12.1 Å². The van der Waals surface area contributed by atoms with Gasteiger partial charge in [-0.05, 0) is 61.9 Å². The third-order valence-corrected chi connectivity index (χ3v) is 7.18. The fourth-order valence-corrected chi connectivity index (χ4v) is 4.60. The van der Waals surface area contributed by atoms with Crippen LogP contribution in [0, 0.1) is 11.6 Å². The highest BCUT2D eigenvalue weighted by Crippen LogP contribution is 2.42. The van der Waals surface area contributed by atoms with Crippen LogP contribution >= 0.6 is 0 Å². The molecule has 2 atom stereocenters. The van der Waals surface area contributed by atoms with E-state index in [4.69, 9.17) is 0 Å².